The minimum absolute atomic E-state index is 0.161. The highest BCUT2D eigenvalue weighted by molar-refractivity contribution is 6.08. The Morgan fingerprint density at radius 1 is 1.42 bits per heavy atom. The molecule has 1 atom stereocenters. The Morgan fingerprint density at radius 2 is 2.11 bits per heavy atom. The molecule has 0 fully saturated rings. The second-order valence-electron chi connectivity index (χ2n) is 5.30. The lowest BCUT2D eigenvalue weighted by Gasteiger charge is -2.20. The van der Waals surface area contributed by atoms with Crippen molar-refractivity contribution in [3.05, 3.63) is 39.4 Å². The Kier molecular flexibility index (Phi) is 3.30. The SMILES string of the molecule is CCCN1C(=O)C(C)(C[N+](=O)[O-])c2cc(C)ccc21. The number of carbonyl (C=O) groups is 1. The molecule has 0 saturated heterocycles. The number of rotatable bonds is 4. The van der Waals surface area contributed by atoms with Crippen molar-refractivity contribution in [1.29, 1.82) is 0 Å². The van der Waals surface area contributed by atoms with E-state index in [4.69, 9.17) is 0 Å². The summed E-state index contributed by atoms with van der Waals surface area (Å²) in [6.45, 7) is 5.83. The number of carbonyl (C=O) groups excluding carboxylic acids is 1. The first-order valence-electron chi connectivity index (χ1n) is 6.45. The van der Waals surface area contributed by atoms with Crippen LogP contribution in [0.5, 0.6) is 0 Å². The van der Waals surface area contributed by atoms with Gasteiger partial charge in [-0.2, -0.15) is 0 Å². The minimum atomic E-state index is -1.04. The van der Waals surface area contributed by atoms with Gasteiger partial charge in [-0.3, -0.25) is 14.9 Å². The van der Waals surface area contributed by atoms with Crippen molar-refractivity contribution in [2.75, 3.05) is 18.0 Å². The van der Waals surface area contributed by atoms with Crippen molar-refractivity contribution >= 4 is 11.6 Å². The van der Waals surface area contributed by atoms with E-state index in [1.165, 1.54) is 0 Å². The minimum Gasteiger partial charge on any atom is -0.311 e. The first-order chi connectivity index (χ1) is 8.90. The van der Waals surface area contributed by atoms with Crippen LogP contribution < -0.4 is 4.90 Å². The van der Waals surface area contributed by atoms with Gasteiger partial charge in [0.05, 0.1) is 0 Å². The first kappa shape index (κ1) is 13.5. The lowest BCUT2D eigenvalue weighted by molar-refractivity contribution is -0.487. The number of amides is 1. The van der Waals surface area contributed by atoms with Crippen molar-refractivity contribution in [2.45, 2.75) is 32.6 Å². The molecule has 0 radical (unpaired) electrons. The fourth-order valence-corrected chi connectivity index (χ4v) is 2.71. The van der Waals surface area contributed by atoms with Gasteiger partial charge in [0.25, 0.3) is 0 Å². The lowest BCUT2D eigenvalue weighted by Crippen LogP contribution is -2.43. The summed E-state index contributed by atoms with van der Waals surface area (Å²) in [5, 5.41) is 10.9. The third-order valence-corrected chi connectivity index (χ3v) is 3.65. The monoisotopic (exact) mass is 262 g/mol. The van der Waals surface area contributed by atoms with Crippen LogP contribution in [-0.2, 0) is 10.2 Å². The molecule has 1 aromatic rings. The first-order valence-corrected chi connectivity index (χ1v) is 6.45. The number of nitro groups is 1. The van der Waals surface area contributed by atoms with Crippen LogP contribution in [0.15, 0.2) is 18.2 Å². The molecule has 0 aliphatic carbocycles. The molecule has 1 unspecified atom stereocenters. The molecule has 1 aromatic carbocycles. The van der Waals surface area contributed by atoms with Crippen LogP contribution in [0.2, 0.25) is 0 Å². The number of benzene rings is 1. The number of hydrogen-bond acceptors (Lipinski definition) is 3. The molecule has 0 spiro atoms. The molecule has 2 rings (SSSR count). The lowest BCUT2D eigenvalue weighted by atomic mass is 9.83. The molecule has 0 saturated carbocycles. The van der Waals surface area contributed by atoms with Crippen LogP contribution in [0.25, 0.3) is 0 Å². The molecular formula is C14H18N2O3. The highest BCUT2D eigenvalue weighted by Gasteiger charge is 2.50. The van der Waals surface area contributed by atoms with Crippen LogP contribution in [-0.4, -0.2) is 23.9 Å². The molecule has 1 heterocycles. The highest BCUT2D eigenvalue weighted by Crippen LogP contribution is 2.42. The van der Waals surface area contributed by atoms with Gasteiger partial charge in [0, 0.05) is 17.2 Å². The molecular weight excluding hydrogens is 244 g/mol. The molecule has 1 aliphatic heterocycles. The van der Waals surface area contributed by atoms with E-state index in [9.17, 15) is 14.9 Å². The summed E-state index contributed by atoms with van der Waals surface area (Å²) < 4.78 is 0. The van der Waals surface area contributed by atoms with Crippen LogP contribution in [0.3, 0.4) is 0 Å². The van der Waals surface area contributed by atoms with Gasteiger partial charge in [-0.15, -0.1) is 0 Å². The highest BCUT2D eigenvalue weighted by atomic mass is 16.6. The van der Waals surface area contributed by atoms with Crippen LogP contribution >= 0.6 is 0 Å². The Balaban J connectivity index is 2.56. The van der Waals surface area contributed by atoms with Crippen LogP contribution in [0.4, 0.5) is 5.69 Å². The number of fused-ring (bicyclic) bond motifs is 1. The van der Waals surface area contributed by atoms with Crippen molar-refractivity contribution in [2.24, 2.45) is 0 Å². The Bertz CT molecular complexity index is 541. The van der Waals surface area contributed by atoms with Crippen LogP contribution in [0, 0.1) is 17.0 Å². The molecule has 19 heavy (non-hydrogen) atoms. The van der Waals surface area contributed by atoms with E-state index in [-0.39, 0.29) is 12.5 Å². The van der Waals surface area contributed by atoms with Crippen molar-refractivity contribution in [3.63, 3.8) is 0 Å². The van der Waals surface area contributed by atoms with Gasteiger partial charge in [0.2, 0.25) is 12.5 Å². The summed E-state index contributed by atoms with van der Waals surface area (Å²) in [5.74, 6) is -0.161. The number of nitrogens with zero attached hydrogens (tertiary/aromatic N) is 2. The molecule has 0 bridgehead atoms. The molecule has 1 amide bonds. The number of aryl methyl sites for hydroxylation is 1. The maximum absolute atomic E-state index is 12.5. The fraction of sp³-hybridized carbons (Fsp3) is 0.500. The van der Waals surface area contributed by atoms with E-state index in [0.29, 0.717) is 6.54 Å². The predicted molar refractivity (Wildman–Crippen MR) is 73.0 cm³/mol. The second-order valence-corrected chi connectivity index (χ2v) is 5.30. The third kappa shape index (κ3) is 2.09. The zero-order valence-electron chi connectivity index (χ0n) is 11.5. The predicted octanol–water partition coefficient (Wildman–Crippen LogP) is 2.29. The summed E-state index contributed by atoms with van der Waals surface area (Å²) in [7, 11) is 0. The van der Waals surface area contributed by atoms with Gasteiger partial charge in [0.1, 0.15) is 5.41 Å². The van der Waals surface area contributed by atoms with Gasteiger partial charge in [-0.25, -0.2) is 0 Å². The zero-order valence-corrected chi connectivity index (χ0v) is 11.5. The van der Waals surface area contributed by atoms with E-state index in [1.807, 2.05) is 32.0 Å². The molecule has 5 heteroatoms. The summed E-state index contributed by atoms with van der Waals surface area (Å²) in [5.41, 5.74) is 1.57. The maximum atomic E-state index is 12.5. The van der Waals surface area contributed by atoms with E-state index in [2.05, 4.69) is 0 Å². The molecule has 0 N–H and O–H groups in total. The topological polar surface area (TPSA) is 63.5 Å². The van der Waals surface area contributed by atoms with Gasteiger partial charge >= 0.3 is 0 Å². The largest absolute Gasteiger partial charge is 0.311 e. The molecule has 102 valence electrons. The Morgan fingerprint density at radius 3 is 2.68 bits per heavy atom. The van der Waals surface area contributed by atoms with Crippen molar-refractivity contribution in [1.82, 2.24) is 0 Å². The fourth-order valence-electron chi connectivity index (χ4n) is 2.71. The van der Waals surface area contributed by atoms with Gasteiger partial charge < -0.3 is 4.90 Å². The number of hydrogen-bond donors (Lipinski definition) is 0. The second kappa shape index (κ2) is 4.64. The Labute approximate surface area is 112 Å². The van der Waals surface area contributed by atoms with E-state index >= 15 is 0 Å². The number of anilines is 1. The summed E-state index contributed by atoms with van der Waals surface area (Å²) in [6, 6.07) is 5.72. The average molecular weight is 262 g/mol. The van der Waals surface area contributed by atoms with Crippen molar-refractivity contribution < 1.29 is 9.72 Å². The zero-order chi connectivity index (χ0) is 14.2. The van der Waals surface area contributed by atoms with Crippen LogP contribution in [0.1, 0.15) is 31.4 Å². The Hall–Kier alpha value is -1.91. The average Bonchev–Trinajstić information content (AvgIpc) is 2.51. The maximum Gasteiger partial charge on any atom is 0.244 e. The molecule has 5 nitrogen and oxygen atoms in total. The van der Waals surface area contributed by atoms with Gasteiger partial charge in [0.15, 0.2) is 0 Å². The summed E-state index contributed by atoms with van der Waals surface area (Å²) in [6.07, 6.45) is 0.827. The summed E-state index contributed by atoms with van der Waals surface area (Å²) in [4.78, 5) is 24.7. The molecule has 1 aliphatic rings. The van der Waals surface area contributed by atoms with E-state index in [0.717, 1.165) is 23.2 Å². The van der Waals surface area contributed by atoms with Gasteiger partial charge in [-0.1, -0.05) is 24.6 Å². The third-order valence-electron chi connectivity index (χ3n) is 3.65. The standard InChI is InChI=1S/C14H18N2O3/c1-4-7-15-12-6-5-10(2)8-11(12)14(3,13(15)17)9-16(18)19/h5-6,8H,4,7,9H2,1-3H3. The quantitative estimate of drug-likeness (QED) is 0.617. The normalized spacial score (nSPS) is 21.6. The smallest absolute Gasteiger partial charge is 0.244 e. The van der Waals surface area contributed by atoms with E-state index < -0.39 is 10.3 Å². The molecule has 0 aromatic heterocycles. The summed E-state index contributed by atoms with van der Waals surface area (Å²) >= 11 is 0. The van der Waals surface area contributed by atoms with Crippen molar-refractivity contribution in [3.8, 4) is 0 Å². The van der Waals surface area contributed by atoms with E-state index in [1.54, 1.807) is 11.8 Å². The van der Waals surface area contributed by atoms with Gasteiger partial charge in [-0.05, 0) is 31.9 Å².